The number of methoxy groups -OCH3 is 1. The van der Waals surface area contributed by atoms with Crippen molar-refractivity contribution in [2.24, 2.45) is 5.73 Å². The zero-order valence-corrected chi connectivity index (χ0v) is 13.8. The number of benzene rings is 1. The van der Waals surface area contributed by atoms with E-state index in [1.54, 1.807) is 7.11 Å². The maximum absolute atomic E-state index is 9.29. The first-order valence-electron chi connectivity index (χ1n) is 8.44. The third kappa shape index (κ3) is 3.20. The van der Waals surface area contributed by atoms with Crippen molar-refractivity contribution in [3.63, 3.8) is 0 Å². The third-order valence-corrected chi connectivity index (χ3v) is 5.34. The van der Waals surface area contributed by atoms with Crippen molar-refractivity contribution in [3.05, 3.63) is 29.3 Å². The van der Waals surface area contributed by atoms with E-state index in [0.29, 0.717) is 19.0 Å². The molecule has 0 spiro atoms. The number of piperidine rings is 1. The average Bonchev–Trinajstić information content (AvgIpc) is 2.59. The lowest BCUT2D eigenvalue weighted by molar-refractivity contribution is 0.0704. The van der Waals surface area contributed by atoms with Crippen LogP contribution in [0.1, 0.15) is 36.4 Å². The Bertz CT molecular complexity index is 597. The van der Waals surface area contributed by atoms with E-state index >= 15 is 0 Å². The number of ether oxygens (including phenoxy) is 1. The van der Waals surface area contributed by atoms with Gasteiger partial charge in [0.15, 0.2) is 0 Å². The molecule has 2 atom stereocenters. The van der Waals surface area contributed by atoms with Crippen LogP contribution in [0.15, 0.2) is 18.2 Å². The van der Waals surface area contributed by atoms with Crippen molar-refractivity contribution < 1.29 is 4.74 Å². The monoisotopic (exact) mass is 314 g/mol. The number of hydrogen-bond donors (Lipinski definition) is 2. The first kappa shape index (κ1) is 16.3. The molecule has 1 aromatic rings. The molecular formula is C18H26N4O. The van der Waals surface area contributed by atoms with Crippen LogP contribution in [0.2, 0.25) is 0 Å². The second-order valence-corrected chi connectivity index (χ2v) is 6.65. The van der Waals surface area contributed by atoms with Gasteiger partial charge < -0.3 is 15.8 Å². The van der Waals surface area contributed by atoms with Crippen LogP contribution in [0.4, 0.5) is 0 Å². The van der Waals surface area contributed by atoms with Gasteiger partial charge in [-0.05, 0) is 42.5 Å². The van der Waals surface area contributed by atoms with E-state index in [0.717, 1.165) is 44.6 Å². The van der Waals surface area contributed by atoms with Gasteiger partial charge in [0.25, 0.3) is 0 Å². The van der Waals surface area contributed by atoms with Gasteiger partial charge in [0.1, 0.15) is 5.75 Å². The maximum atomic E-state index is 9.29. The molecule has 5 heteroatoms. The van der Waals surface area contributed by atoms with E-state index in [9.17, 15) is 5.26 Å². The Kier molecular flexibility index (Phi) is 4.86. The summed E-state index contributed by atoms with van der Waals surface area (Å²) in [7, 11) is 1.71. The van der Waals surface area contributed by atoms with E-state index < -0.39 is 0 Å². The highest BCUT2D eigenvalue weighted by atomic mass is 16.5. The summed E-state index contributed by atoms with van der Waals surface area (Å²) in [5.74, 6) is 0.928. The number of nitriles is 1. The molecule has 3 N–H and O–H groups in total. The summed E-state index contributed by atoms with van der Waals surface area (Å²) < 4.78 is 5.37. The Labute approximate surface area is 138 Å². The van der Waals surface area contributed by atoms with Crippen molar-refractivity contribution >= 4 is 0 Å². The molecule has 5 nitrogen and oxygen atoms in total. The first-order valence-corrected chi connectivity index (χ1v) is 8.44. The minimum absolute atomic E-state index is 0.107. The zero-order valence-electron chi connectivity index (χ0n) is 13.8. The fourth-order valence-electron chi connectivity index (χ4n) is 4.08. The molecule has 23 heavy (non-hydrogen) atoms. The highest BCUT2D eigenvalue weighted by molar-refractivity contribution is 5.40. The summed E-state index contributed by atoms with van der Waals surface area (Å²) >= 11 is 0. The standard InChI is InChI=1S/C18H26N4O/c1-23-15-2-3-16-14(12-15)4-10-22-11-6-18(5-7-19,13-17(16)22)21-9-8-20/h2-3,12,17,21H,4-6,8-11,13,20H2,1H3. The number of fused-ring (bicyclic) bond motifs is 3. The van der Waals surface area contributed by atoms with Gasteiger partial charge in [-0.15, -0.1) is 0 Å². The lowest BCUT2D eigenvalue weighted by Gasteiger charge is -2.49. The summed E-state index contributed by atoms with van der Waals surface area (Å²) in [4.78, 5) is 2.56. The largest absolute Gasteiger partial charge is 0.497 e. The molecule has 0 bridgehead atoms. The average molecular weight is 314 g/mol. The Hall–Kier alpha value is -1.61. The predicted octanol–water partition coefficient (Wildman–Crippen LogP) is 1.59. The molecule has 124 valence electrons. The number of rotatable bonds is 5. The number of nitrogens with one attached hydrogen (secondary N) is 1. The Morgan fingerprint density at radius 2 is 2.35 bits per heavy atom. The zero-order chi connectivity index (χ0) is 16.3. The third-order valence-electron chi connectivity index (χ3n) is 5.34. The predicted molar refractivity (Wildman–Crippen MR) is 90.3 cm³/mol. The van der Waals surface area contributed by atoms with Gasteiger partial charge >= 0.3 is 0 Å². The molecule has 1 fully saturated rings. The van der Waals surface area contributed by atoms with E-state index in [-0.39, 0.29) is 5.54 Å². The minimum atomic E-state index is -0.107. The number of nitrogens with zero attached hydrogens (tertiary/aromatic N) is 2. The van der Waals surface area contributed by atoms with Gasteiger partial charge in [-0.3, -0.25) is 4.90 Å². The second kappa shape index (κ2) is 6.88. The van der Waals surface area contributed by atoms with Gasteiger partial charge in [0, 0.05) is 37.8 Å². The molecule has 0 aliphatic carbocycles. The van der Waals surface area contributed by atoms with Crippen molar-refractivity contribution in [1.82, 2.24) is 10.2 Å². The Balaban J connectivity index is 1.87. The van der Waals surface area contributed by atoms with Gasteiger partial charge in [0.2, 0.25) is 0 Å². The summed E-state index contributed by atoms with van der Waals surface area (Å²) in [6.45, 7) is 3.50. The van der Waals surface area contributed by atoms with Gasteiger partial charge in [0.05, 0.1) is 19.6 Å². The van der Waals surface area contributed by atoms with Crippen LogP contribution in [-0.4, -0.2) is 43.7 Å². The molecule has 0 radical (unpaired) electrons. The normalized spacial score (nSPS) is 26.9. The van der Waals surface area contributed by atoms with Crippen LogP contribution >= 0.6 is 0 Å². The molecule has 2 aliphatic rings. The maximum Gasteiger partial charge on any atom is 0.119 e. The topological polar surface area (TPSA) is 74.3 Å². The fraction of sp³-hybridized carbons (Fsp3) is 0.611. The number of nitrogens with two attached hydrogens (primary N) is 1. The van der Waals surface area contributed by atoms with E-state index in [2.05, 4.69) is 34.5 Å². The van der Waals surface area contributed by atoms with E-state index in [1.165, 1.54) is 11.1 Å². The van der Waals surface area contributed by atoms with E-state index in [1.807, 2.05) is 0 Å². The van der Waals surface area contributed by atoms with Crippen molar-refractivity contribution in [2.75, 3.05) is 33.3 Å². The molecule has 1 aromatic carbocycles. The summed E-state index contributed by atoms with van der Waals surface area (Å²) in [6, 6.07) is 9.19. The molecule has 0 saturated carbocycles. The molecule has 3 rings (SSSR count). The molecule has 0 amide bonds. The molecule has 1 saturated heterocycles. The number of hydrogen-bond acceptors (Lipinski definition) is 5. The lowest BCUT2D eigenvalue weighted by Crippen LogP contribution is -2.56. The Morgan fingerprint density at radius 1 is 1.48 bits per heavy atom. The summed E-state index contributed by atoms with van der Waals surface area (Å²) in [5, 5.41) is 12.9. The second-order valence-electron chi connectivity index (χ2n) is 6.65. The molecular weight excluding hydrogens is 288 g/mol. The summed E-state index contributed by atoms with van der Waals surface area (Å²) in [6.07, 6.45) is 3.61. The Morgan fingerprint density at radius 3 is 3.09 bits per heavy atom. The lowest BCUT2D eigenvalue weighted by atomic mass is 9.76. The molecule has 2 heterocycles. The van der Waals surface area contributed by atoms with Gasteiger partial charge in [-0.2, -0.15) is 5.26 Å². The van der Waals surface area contributed by atoms with Crippen LogP contribution in [0.5, 0.6) is 5.75 Å². The van der Waals surface area contributed by atoms with Crippen molar-refractivity contribution in [3.8, 4) is 11.8 Å². The SMILES string of the molecule is COc1ccc2c(c1)CCN1CCC(CC#N)(NCCN)CC21. The van der Waals surface area contributed by atoms with Gasteiger partial charge in [-0.1, -0.05) is 6.07 Å². The van der Waals surface area contributed by atoms with Crippen molar-refractivity contribution in [1.29, 1.82) is 5.26 Å². The molecule has 2 aliphatic heterocycles. The summed E-state index contributed by atoms with van der Waals surface area (Å²) in [5.41, 5.74) is 8.35. The highest BCUT2D eigenvalue weighted by Gasteiger charge is 2.41. The smallest absolute Gasteiger partial charge is 0.119 e. The molecule has 0 aromatic heterocycles. The minimum Gasteiger partial charge on any atom is -0.497 e. The van der Waals surface area contributed by atoms with Crippen molar-refractivity contribution in [2.45, 2.75) is 37.3 Å². The van der Waals surface area contributed by atoms with Crippen LogP contribution in [0.3, 0.4) is 0 Å². The first-order chi connectivity index (χ1) is 11.2. The molecule has 2 unspecified atom stereocenters. The van der Waals surface area contributed by atoms with E-state index in [4.69, 9.17) is 10.5 Å². The fourth-order valence-corrected chi connectivity index (χ4v) is 4.08. The highest BCUT2D eigenvalue weighted by Crippen LogP contribution is 2.42. The van der Waals surface area contributed by atoms with Crippen LogP contribution in [0, 0.1) is 11.3 Å². The van der Waals surface area contributed by atoms with Crippen LogP contribution in [0.25, 0.3) is 0 Å². The van der Waals surface area contributed by atoms with Crippen LogP contribution in [-0.2, 0) is 6.42 Å². The van der Waals surface area contributed by atoms with Crippen LogP contribution < -0.4 is 15.8 Å². The van der Waals surface area contributed by atoms with Gasteiger partial charge in [-0.25, -0.2) is 0 Å². The quantitative estimate of drug-likeness (QED) is 0.863.